The number of methoxy groups -OCH3 is 1. The first-order chi connectivity index (χ1) is 13.5. The van der Waals surface area contributed by atoms with E-state index >= 15 is 0 Å². The lowest BCUT2D eigenvalue weighted by Crippen LogP contribution is -2.46. The Bertz CT molecular complexity index is 1090. The third-order valence-electron chi connectivity index (χ3n) is 4.97. The minimum atomic E-state index is -0.311. The van der Waals surface area contributed by atoms with Crippen LogP contribution in [0.2, 0.25) is 4.47 Å². The SMILES string of the molecule is CC[n+]1c([O-])c(-c2ccc(OC)cc2)c(=O)n2c1N(C)CC2c1cnc(Cl)s1. The minimum absolute atomic E-state index is 0.157. The van der Waals surface area contributed by atoms with Gasteiger partial charge >= 0.3 is 11.5 Å². The highest BCUT2D eigenvalue weighted by atomic mass is 35.5. The Labute approximate surface area is 171 Å². The second-order valence-corrected chi connectivity index (χ2v) is 8.18. The highest BCUT2D eigenvalue weighted by molar-refractivity contribution is 7.15. The zero-order chi connectivity index (χ0) is 20.0. The lowest BCUT2D eigenvalue weighted by molar-refractivity contribution is -0.723. The lowest BCUT2D eigenvalue weighted by Gasteiger charge is -2.20. The van der Waals surface area contributed by atoms with E-state index < -0.39 is 0 Å². The van der Waals surface area contributed by atoms with Crippen LogP contribution in [0.1, 0.15) is 17.8 Å². The van der Waals surface area contributed by atoms with Crippen molar-refractivity contribution in [2.24, 2.45) is 0 Å². The average Bonchev–Trinajstić information content (AvgIpc) is 3.26. The van der Waals surface area contributed by atoms with Gasteiger partial charge in [0.1, 0.15) is 12.3 Å². The number of thiazole rings is 1. The molecule has 0 saturated heterocycles. The summed E-state index contributed by atoms with van der Waals surface area (Å²) >= 11 is 7.37. The van der Waals surface area contributed by atoms with E-state index in [0.29, 0.717) is 34.8 Å². The third kappa shape index (κ3) is 2.84. The fourth-order valence-corrected chi connectivity index (χ4v) is 4.71. The van der Waals surface area contributed by atoms with Crippen molar-refractivity contribution in [2.75, 3.05) is 25.6 Å². The maximum absolute atomic E-state index is 13.5. The molecule has 1 aliphatic rings. The van der Waals surface area contributed by atoms with E-state index in [-0.39, 0.29) is 23.0 Å². The zero-order valence-corrected chi connectivity index (χ0v) is 17.3. The predicted molar refractivity (Wildman–Crippen MR) is 107 cm³/mol. The van der Waals surface area contributed by atoms with Gasteiger partial charge in [-0.1, -0.05) is 23.7 Å². The van der Waals surface area contributed by atoms with Crippen molar-refractivity contribution < 1.29 is 14.4 Å². The molecule has 0 bridgehead atoms. The maximum Gasteiger partial charge on any atom is 0.362 e. The number of halogens is 1. The first kappa shape index (κ1) is 18.8. The molecule has 146 valence electrons. The van der Waals surface area contributed by atoms with Crippen LogP contribution in [0.3, 0.4) is 0 Å². The molecule has 7 nitrogen and oxygen atoms in total. The molecule has 0 radical (unpaired) electrons. The van der Waals surface area contributed by atoms with Gasteiger partial charge in [0.25, 0.3) is 0 Å². The summed E-state index contributed by atoms with van der Waals surface area (Å²) in [7, 11) is 3.45. The minimum Gasteiger partial charge on any atom is -0.848 e. The second-order valence-electron chi connectivity index (χ2n) is 6.54. The molecule has 3 aromatic rings. The molecule has 0 amide bonds. The van der Waals surface area contributed by atoms with Gasteiger partial charge in [0.15, 0.2) is 10.5 Å². The Balaban J connectivity index is 1.98. The summed E-state index contributed by atoms with van der Waals surface area (Å²) in [4.78, 5) is 20.4. The van der Waals surface area contributed by atoms with Crippen molar-refractivity contribution in [2.45, 2.75) is 19.5 Å². The Hall–Kier alpha value is -2.58. The Morgan fingerprint density at radius 3 is 2.68 bits per heavy atom. The molecular formula is C19H19ClN4O3S. The first-order valence-electron chi connectivity index (χ1n) is 8.82. The Morgan fingerprint density at radius 1 is 1.39 bits per heavy atom. The van der Waals surface area contributed by atoms with Crippen LogP contribution >= 0.6 is 22.9 Å². The summed E-state index contributed by atoms with van der Waals surface area (Å²) in [6, 6.07) is 6.72. The molecule has 0 N–H and O–H groups in total. The molecule has 1 atom stereocenters. The number of fused-ring (bicyclic) bond motifs is 1. The Morgan fingerprint density at radius 2 is 2.11 bits per heavy atom. The van der Waals surface area contributed by atoms with Crippen LogP contribution in [-0.4, -0.2) is 30.3 Å². The monoisotopic (exact) mass is 418 g/mol. The normalized spacial score (nSPS) is 15.7. The summed E-state index contributed by atoms with van der Waals surface area (Å²) in [6.45, 7) is 2.92. The smallest absolute Gasteiger partial charge is 0.362 e. The van der Waals surface area contributed by atoms with Gasteiger partial charge in [-0.05, 0) is 24.6 Å². The van der Waals surface area contributed by atoms with Crippen molar-refractivity contribution >= 4 is 28.9 Å². The molecule has 1 aromatic carbocycles. The van der Waals surface area contributed by atoms with Crippen molar-refractivity contribution in [1.29, 1.82) is 0 Å². The quantitative estimate of drug-likeness (QED) is 0.606. The van der Waals surface area contributed by atoms with Gasteiger partial charge in [0.2, 0.25) is 0 Å². The van der Waals surface area contributed by atoms with Crippen molar-refractivity contribution in [3.05, 3.63) is 50.2 Å². The molecule has 0 spiro atoms. The first-order valence-corrected chi connectivity index (χ1v) is 10.0. The molecule has 4 rings (SSSR count). The summed E-state index contributed by atoms with van der Waals surface area (Å²) in [5.41, 5.74) is 0.418. The molecule has 2 aromatic heterocycles. The van der Waals surface area contributed by atoms with Gasteiger partial charge in [-0.15, -0.1) is 11.3 Å². The van der Waals surface area contributed by atoms with Gasteiger partial charge in [-0.3, -0.25) is 9.69 Å². The summed E-state index contributed by atoms with van der Waals surface area (Å²) in [5, 5.41) is 13.2. The standard InChI is InChI=1S/C19H19ClN4O3S/c1-4-23-16(25)15(11-5-7-12(27-3)8-6-11)17(26)24-13(10-22(2)19(23)24)14-9-21-18(20)28-14/h5-9,13H,4,10H2,1-3H3. The fraction of sp³-hybridized carbons (Fsp3) is 0.316. The van der Waals surface area contributed by atoms with E-state index in [1.54, 1.807) is 46.7 Å². The van der Waals surface area contributed by atoms with E-state index in [1.165, 1.54) is 11.3 Å². The van der Waals surface area contributed by atoms with Crippen LogP contribution < -0.4 is 24.9 Å². The second kappa shape index (κ2) is 7.10. The van der Waals surface area contributed by atoms with E-state index in [4.69, 9.17) is 16.3 Å². The van der Waals surface area contributed by atoms with E-state index in [2.05, 4.69) is 4.98 Å². The average molecular weight is 419 g/mol. The van der Waals surface area contributed by atoms with Crippen LogP contribution in [0.4, 0.5) is 5.95 Å². The number of hydrogen-bond donors (Lipinski definition) is 0. The van der Waals surface area contributed by atoms with Gasteiger partial charge in [0, 0.05) is 12.1 Å². The highest BCUT2D eigenvalue weighted by Gasteiger charge is 2.40. The molecular weight excluding hydrogens is 400 g/mol. The topological polar surface area (TPSA) is 74.3 Å². The van der Waals surface area contributed by atoms with Crippen LogP contribution in [0.25, 0.3) is 11.1 Å². The fourth-order valence-electron chi connectivity index (χ4n) is 3.68. The van der Waals surface area contributed by atoms with Crippen LogP contribution in [0.15, 0.2) is 35.3 Å². The van der Waals surface area contributed by atoms with Gasteiger partial charge in [0.05, 0.1) is 31.1 Å². The largest absolute Gasteiger partial charge is 0.848 e. The molecule has 3 heterocycles. The molecule has 1 aliphatic heterocycles. The number of aromatic nitrogens is 3. The number of hydrogen-bond acceptors (Lipinski definition) is 6. The van der Waals surface area contributed by atoms with Gasteiger partial charge in [-0.25, -0.2) is 9.55 Å². The molecule has 0 aliphatic carbocycles. The maximum atomic E-state index is 13.5. The molecule has 28 heavy (non-hydrogen) atoms. The van der Waals surface area contributed by atoms with Crippen LogP contribution in [-0.2, 0) is 6.54 Å². The zero-order valence-electron chi connectivity index (χ0n) is 15.7. The Kier molecular flexibility index (Phi) is 4.76. The van der Waals surface area contributed by atoms with Crippen LogP contribution in [0, 0.1) is 0 Å². The molecule has 9 heteroatoms. The third-order valence-corrected chi connectivity index (χ3v) is 6.18. The van der Waals surface area contributed by atoms with E-state index in [1.807, 2.05) is 18.9 Å². The molecule has 0 fully saturated rings. The van der Waals surface area contributed by atoms with Gasteiger partial charge in [-0.2, -0.15) is 4.57 Å². The van der Waals surface area contributed by atoms with Gasteiger partial charge < -0.3 is 9.84 Å². The van der Waals surface area contributed by atoms with Crippen LogP contribution in [0.5, 0.6) is 11.6 Å². The van der Waals surface area contributed by atoms with E-state index in [0.717, 1.165) is 4.88 Å². The predicted octanol–water partition coefficient (Wildman–Crippen LogP) is 2.05. The number of ether oxygens (including phenoxy) is 1. The molecule has 0 saturated carbocycles. The number of nitrogens with zero attached hydrogens (tertiary/aromatic N) is 4. The number of rotatable bonds is 4. The number of benzene rings is 1. The van der Waals surface area contributed by atoms with Crippen molar-refractivity contribution in [3.8, 4) is 22.8 Å². The van der Waals surface area contributed by atoms with Crippen molar-refractivity contribution in [1.82, 2.24) is 9.55 Å². The number of likely N-dealkylation sites (N-methyl/N-ethyl adjacent to an activating group) is 1. The summed E-state index contributed by atoms with van der Waals surface area (Å²) in [5.74, 6) is 0.973. The summed E-state index contributed by atoms with van der Waals surface area (Å²) in [6.07, 6.45) is 1.70. The van der Waals surface area contributed by atoms with Crippen molar-refractivity contribution in [3.63, 3.8) is 0 Å². The number of anilines is 1. The highest BCUT2D eigenvalue weighted by Crippen LogP contribution is 2.35. The molecule has 1 unspecified atom stereocenters. The summed E-state index contributed by atoms with van der Waals surface area (Å²) < 4.78 is 8.94. The van der Waals surface area contributed by atoms with E-state index in [9.17, 15) is 9.90 Å². The lowest BCUT2D eigenvalue weighted by atomic mass is 10.1.